The molecule has 2 aromatic heterocycles. The fourth-order valence-corrected chi connectivity index (χ4v) is 3.00. The van der Waals surface area contributed by atoms with E-state index in [1.807, 2.05) is 0 Å². The summed E-state index contributed by atoms with van der Waals surface area (Å²) >= 11 is 0. The van der Waals surface area contributed by atoms with Gasteiger partial charge in [-0.1, -0.05) is 0 Å². The van der Waals surface area contributed by atoms with Gasteiger partial charge in [0.2, 0.25) is 5.92 Å². The maximum absolute atomic E-state index is 13.3. The number of carbonyl (C=O) groups is 1. The second-order valence-corrected chi connectivity index (χ2v) is 6.54. The van der Waals surface area contributed by atoms with Crippen LogP contribution in [0.2, 0.25) is 0 Å². The van der Waals surface area contributed by atoms with Crippen LogP contribution in [-0.4, -0.2) is 37.9 Å². The smallest absolute Gasteiger partial charge is 0.404 e. The number of hydrogen-bond donors (Lipinski definition) is 3. The Labute approximate surface area is 153 Å². The second-order valence-electron chi connectivity index (χ2n) is 6.54. The van der Waals surface area contributed by atoms with Crippen molar-refractivity contribution >= 4 is 11.9 Å². The highest BCUT2D eigenvalue weighted by molar-refractivity contribution is 5.64. The Morgan fingerprint density at radius 3 is 2.70 bits per heavy atom. The Hall–Kier alpha value is -2.78. The molecule has 0 aliphatic heterocycles. The first-order valence-corrected chi connectivity index (χ1v) is 8.58. The SMILES string of the molecule is O=C(O)NCc1cc(NC2CCC(F)(F)CC2)nc(-n2ccc(CF)n2)c1. The highest BCUT2D eigenvalue weighted by Gasteiger charge is 2.34. The van der Waals surface area contributed by atoms with Gasteiger partial charge in [-0.05, 0) is 36.6 Å². The van der Waals surface area contributed by atoms with E-state index in [1.165, 1.54) is 10.7 Å². The molecule has 1 aliphatic rings. The number of halogens is 3. The minimum absolute atomic E-state index is 0.0412. The van der Waals surface area contributed by atoms with E-state index in [4.69, 9.17) is 5.11 Å². The molecule has 3 N–H and O–H groups in total. The Morgan fingerprint density at radius 2 is 2.07 bits per heavy atom. The maximum atomic E-state index is 13.3. The molecule has 0 unspecified atom stereocenters. The van der Waals surface area contributed by atoms with E-state index in [-0.39, 0.29) is 31.1 Å². The van der Waals surface area contributed by atoms with Gasteiger partial charge in [0.05, 0.1) is 5.69 Å². The average molecular weight is 383 g/mol. The van der Waals surface area contributed by atoms with Gasteiger partial charge < -0.3 is 15.7 Å². The molecule has 0 aromatic carbocycles. The molecule has 2 heterocycles. The zero-order valence-electron chi connectivity index (χ0n) is 14.5. The summed E-state index contributed by atoms with van der Waals surface area (Å²) in [4.78, 5) is 15.2. The first-order valence-electron chi connectivity index (χ1n) is 8.58. The number of pyridine rings is 1. The monoisotopic (exact) mass is 383 g/mol. The van der Waals surface area contributed by atoms with Crippen LogP contribution >= 0.6 is 0 Å². The lowest BCUT2D eigenvalue weighted by Crippen LogP contribution is -2.32. The molecule has 0 spiro atoms. The zero-order valence-corrected chi connectivity index (χ0v) is 14.5. The third-order valence-corrected chi connectivity index (χ3v) is 4.40. The van der Waals surface area contributed by atoms with E-state index in [9.17, 15) is 18.0 Å². The van der Waals surface area contributed by atoms with Crippen molar-refractivity contribution in [2.24, 2.45) is 0 Å². The summed E-state index contributed by atoms with van der Waals surface area (Å²) < 4.78 is 40.8. The standard InChI is InChI=1S/C17H20F3N5O2/c18-9-13-3-6-25(24-13)15-8-11(10-21-16(26)27)7-14(23-15)22-12-1-4-17(19,20)5-2-12/h3,6-8,12,21H,1-2,4-5,9-10H2,(H,22,23)(H,26,27). The first kappa shape index (κ1) is 19.0. The maximum Gasteiger partial charge on any atom is 0.404 e. The van der Waals surface area contributed by atoms with Crippen molar-refractivity contribution in [3.05, 3.63) is 35.7 Å². The molecule has 3 rings (SSSR count). The zero-order chi connectivity index (χ0) is 19.4. The summed E-state index contributed by atoms with van der Waals surface area (Å²) in [5.41, 5.74) is 0.859. The van der Waals surface area contributed by atoms with Crippen LogP contribution < -0.4 is 10.6 Å². The van der Waals surface area contributed by atoms with Crippen LogP contribution in [0.1, 0.15) is 36.9 Å². The van der Waals surface area contributed by atoms with E-state index in [0.29, 0.717) is 30.0 Å². The molecule has 1 amide bonds. The Balaban J connectivity index is 1.82. The minimum Gasteiger partial charge on any atom is -0.465 e. The van der Waals surface area contributed by atoms with E-state index in [0.717, 1.165) is 0 Å². The van der Waals surface area contributed by atoms with Gasteiger partial charge in [0.15, 0.2) is 5.82 Å². The molecule has 0 radical (unpaired) electrons. The van der Waals surface area contributed by atoms with Crippen molar-refractivity contribution in [2.45, 2.75) is 50.9 Å². The molecule has 0 atom stereocenters. The largest absolute Gasteiger partial charge is 0.465 e. The topological polar surface area (TPSA) is 92.1 Å². The van der Waals surface area contributed by atoms with Crippen LogP contribution in [0.4, 0.5) is 23.8 Å². The number of rotatable bonds is 6. The summed E-state index contributed by atoms with van der Waals surface area (Å²) in [6.07, 6.45) is 0.644. The van der Waals surface area contributed by atoms with E-state index in [1.54, 1.807) is 18.3 Å². The lowest BCUT2D eigenvalue weighted by Gasteiger charge is -2.29. The molecule has 2 aromatic rings. The lowest BCUT2D eigenvalue weighted by molar-refractivity contribution is -0.0361. The fraction of sp³-hybridized carbons (Fsp3) is 0.471. The highest BCUT2D eigenvalue weighted by atomic mass is 19.3. The Morgan fingerprint density at radius 1 is 1.33 bits per heavy atom. The van der Waals surface area contributed by atoms with Crippen molar-refractivity contribution in [2.75, 3.05) is 5.32 Å². The molecule has 10 heteroatoms. The molecule has 1 fully saturated rings. The predicted octanol–water partition coefficient (Wildman–Crippen LogP) is 3.49. The molecule has 0 bridgehead atoms. The van der Waals surface area contributed by atoms with Gasteiger partial charge >= 0.3 is 6.09 Å². The second kappa shape index (κ2) is 7.85. The number of anilines is 1. The van der Waals surface area contributed by atoms with Crippen LogP contribution in [0, 0.1) is 0 Å². The van der Waals surface area contributed by atoms with Crippen molar-refractivity contribution in [1.82, 2.24) is 20.1 Å². The number of alkyl halides is 3. The number of amides is 1. The number of nitrogens with one attached hydrogen (secondary N) is 2. The predicted molar refractivity (Wildman–Crippen MR) is 91.9 cm³/mol. The molecule has 1 saturated carbocycles. The first-order chi connectivity index (χ1) is 12.8. The van der Waals surface area contributed by atoms with Gasteiger partial charge in [0.25, 0.3) is 0 Å². The Bertz CT molecular complexity index is 802. The van der Waals surface area contributed by atoms with E-state index in [2.05, 4.69) is 20.7 Å². The molecular formula is C17H20F3N5O2. The number of nitrogens with zero attached hydrogens (tertiary/aromatic N) is 3. The van der Waals surface area contributed by atoms with Crippen molar-refractivity contribution in [1.29, 1.82) is 0 Å². The minimum atomic E-state index is -2.62. The van der Waals surface area contributed by atoms with Gasteiger partial charge in [-0.15, -0.1) is 0 Å². The Kier molecular flexibility index (Phi) is 5.52. The van der Waals surface area contributed by atoms with Crippen LogP contribution in [0.25, 0.3) is 5.82 Å². The van der Waals surface area contributed by atoms with Gasteiger partial charge in [-0.2, -0.15) is 5.10 Å². The van der Waals surface area contributed by atoms with E-state index >= 15 is 0 Å². The van der Waals surface area contributed by atoms with E-state index < -0.39 is 18.7 Å². The fourth-order valence-electron chi connectivity index (χ4n) is 3.00. The van der Waals surface area contributed by atoms with Gasteiger partial charge in [-0.3, -0.25) is 0 Å². The quantitative estimate of drug-likeness (QED) is 0.710. The summed E-state index contributed by atoms with van der Waals surface area (Å²) in [6, 6.07) is 4.66. The highest BCUT2D eigenvalue weighted by Crippen LogP contribution is 2.34. The van der Waals surface area contributed by atoms with Crippen LogP contribution in [0.3, 0.4) is 0 Å². The summed E-state index contributed by atoms with van der Waals surface area (Å²) in [6.45, 7) is -0.672. The normalized spacial score (nSPS) is 16.9. The van der Waals surface area contributed by atoms with Gasteiger partial charge in [0, 0.05) is 31.6 Å². The lowest BCUT2D eigenvalue weighted by atomic mass is 9.92. The average Bonchev–Trinajstić information content (AvgIpc) is 3.11. The summed E-state index contributed by atoms with van der Waals surface area (Å²) in [5.74, 6) is -1.81. The molecule has 146 valence electrons. The molecule has 0 saturated heterocycles. The van der Waals surface area contributed by atoms with Crippen molar-refractivity contribution in [3.63, 3.8) is 0 Å². The number of hydrogen-bond acceptors (Lipinski definition) is 4. The molecular weight excluding hydrogens is 363 g/mol. The van der Waals surface area contributed by atoms with Gasteiger partial charge in [-0.25, -0.2) is 27.6 Å². The third kappa shape index (κ3) is 5.11. The van der Waals surface area contributed by atoms with Gasteiger partial charge in [0.1, 0.15) is 12.5 Å². The summed E-state index contributed by atoms with van der Waals surface area (Å²) in [7, 11) is 0. The van der Waals surface area contributed by atoms with Crippen molar-refractivity contribution < 1.29 is 23.1 Å². The van der Waals surface area contributed by atoms with Crippen molar-refractivity contribution in [3.8, 4) is 5.82 Å². The summed E-state index contributed by atoms with van der Waals surface area (Å²) in [5, 5.41) is 18.3. The van der Waals surface area contributed by atoms with Crippen LogP contribution in [0.15, 0.2) is 24.4 Å². The van der Waals surface area contributed by atoms with Crippen LogP contribution in [-0.2, 0) is 13.2 Å². The number of aromatic nitrogens is 3. The molecule has 27 heavy (non-hydrogen) atoms. The molecule has 7 nitrogen and oxygen atoms in total. The third-order valence-electron chi connectivity index (χ3n) is 4.40. The number of carboxylic acid groups (broad SMARTS) is 1. The molecule has 1 aliphatic carbocycles. The van der Waals surface area contributed by atoms with Crippen LogP contribution in [0.5, 0.6) is 0 Å².